The summed E-state index contributed by atoms with van der Waals surface area (Å²) < 4.78 is 48.4. The summed E-state index contributed by atoms with van der Waals surface area (Å²) in [7, 11) is -2.64. The van der Waals surface area contributed by atoms with Crippen LogP contribution in [-0.2, 0) is 14.8 Å². The first-order chi connectivity index (χ1) is 15.8. The van der Waals surface area contributed by atoms with Gasteiger partial charge in [-0.05, 0) is 53.9 Å². The molecule has 3 aromatic rings. The van der Waals surface area contributed by atoms with Crippen molar-refractivity contribution in [3.8, 4) is 5.75 Å². The number of halogens is 1. The highest BCUT2D eigenvalue weighted by Crippen LogP contribution is 2.45. The summed E-state index contributed by atoms with van der Waals surface area (Å²) in [6, 6.07) is 18.2. The van der Waals surface area contributed by atoms with Crippen molar-refractivity contribution in [2.45, 2.75) is 23.4 Å². The molecule has 3 aromatic carbocycles. The fraction of sp³-hybridized carbons (Fsp3) is 0.160. The number of rotatable bonds is 6. The normalized spacial score (nSPS) is 19.0. The van der Waals surface area contributed by atoms with Crippen LogP contribution in [0.4, 0.5) is 4.39 Å². The van der Waals surface area contributed by atoms with Gasteiger partial charge < -0.3 is 9.84 Å². The summed E-state index contributed by atoms with van der Waals surface area (Å²) in [5, 5.41) is 9.92. The minimum atomic E-state index is -4.18. The Morgan fingerprint density at radius 1 is 1.00 bits per heavy atom. The van der Waals surface area contributed by atoms with Gasteiger partial charge in [-0.3, -0.25) is 0 Å². The molecule has 2 atom stereocenters. The molecule has 1 aliphatic rings. The summed E-state index contributed by atoms with van der Waals surface area (Å²) in [6.07, 6.45) is 1.66. The highest BCUT2D eigenvalue weighted by atomic mass is 32.2. The van der Waals surface area contributed by atoms with Crippen molar-refractivity contribution in [1.29, 1.82) is 0 Å². The maximum atomic E-state index is 14.2. The Bertz CT molecular complexity index is 1290. The van der Waals surface area contributed by atoms with E-state index in [0.717, 1.165) is 0 Å². The Kier molecular flexibility index (Phi) is 6.31. The summed E-state index contributed by atoms with van der Waals surface area (Å²) in [6.45, 7) is 0. The number of aliphatic carboxylic acids is 1. The number of nitrogens with zero attached hydrogens (tertiary/aromatic N) is 1. The van der Waals surface area contributed by atoms with Gasteiger partial charge in [0.05, 0.1) is 29.7 Å². The quantitative estimate of drug-likeness (QED) is 0.567. The van der Waals surface area contributed by atoms with Crippen molar-refractivity contribution in [2.24, 2.45) is 0 Å². The van der Waals surface area contributed by atoms with E-state index < -0.39 is 33.9 Å². The number of carbonyl (C=O) groups is 1. The van der Waals surface area contributed by atoms with E-state index in [1.807, 2.05) is 0 Å². The molecule has 1 heterocycles. The van der Waals surface area contributed by atoms with E-state index in [2.05, 4.69) is 0 Å². The van der Waals surface area contributed by atoms with Crippen molar-refractivity contribution in [1.82, 2.24) is 4.31 Å². The number of hydrogen-bond donors (Lipinski definition) is 1. The van der Waals surface area contributed by atoms with Gasteiger partial charge in [-0.2, -0.15) is 4.31 Å². The van der Waals surface area contributed by atoms with E-state index >= 15 is 0 Å². The SMILES string of the molecule is COc1ccc([C@@H]2CC=C(C(=O)O)[C@H](c3cccc(F)c3)N2S(=O)(=O)c2ccccc2)cc1. The molecule has 0 saturated carbocycles. The fourth-order valence-corrected chi connectivity index (χ4v) is 5.91. The lowest BCUT2D eigenvalue weighted by atomic mass is 9.89. The van der Waals surface area contributed by atoms with Crippen LogP contribution in [0.1, 0.15) is 29.6 Å². The zero-order chi connectivity index (χ0) is 23.6. The second kappa shape index (κ2) is 9.17. The van der Waals surface area contributed by atoms with Gasteiger partial charge in [0.1, 0.15) is 11.6 Å². The maximum Gasteiger partial charge on any atom is 0.333 e. The average molecular weight is 468 g/mol. The molecule has 8 heteroatoms. The first-order valence-corrected chi connectivity index (χ1v) is 11.7. The van der Waals surface area contributed by atoms with Crippen LogP contribution >= 0.6 is 0 Å². The minimum Gasteiger partial charge on any atom is -0.497 e. The third-order valence-electron chi connectivity index (χ3n) is 5.65. The zero-order valence-electron chi connectivity index (χ0n) is 17.8. The van der Waals surface area contributed by atoms with Gasteiger partial charge in [-0.1, -0.05) is 48.5 Å². The van der Waals surface area contributed by atoms with E-state index in [9.17, 15) is 22.7 Å². The number of hydrogen-bond acceptors (Lipinski definition) is 4. The molecule has 0 spiro atoms. The molecule has 0 fully saturated rings. The Labute approximate surface area is 191 Å². The topological polar surface area (TPSA) is 83.9 Å². The van der Waals surface area contributed by atoms with Crippen LogP contribution in [0.3, 0.4) is 0 Å². The minimum absolute atomic E-state index is 0.0246. The molecular formula is C25H22FNO5S. The lowest BCUT2D eigenvalue weighted by Gasteiger charge is -2.40. The van der Waals surface area contributed by atoms with E-state index in [4.69, 9.17) is 4.74 Å². The van der Waals surface area contributed by atoms with Crippen LogP contribution in [0.25, 0.3) is 0 Å². The Hall–Kier alpha value is -3.49. The van der Waals surface area contributed by atoms with Crippen molar-refractivity contribution in [3.63, 3.8) is 0 Å². The smallest absolute Gasteiger partial charge is 0.333 e. The van der Waals surface area contributed by atoms with E-state index in [0.29, 0.717) is 11.3 Å². The lowest BCUT2D eigenvalue weighted by Crippen LogP contribution is -2.42. The van der Waals surface area contributed by atoms with E-state index in [1.54, 1.807) is 42.5 Å². The molecule has 6 nitrogen and oxygen atoms in total. The van der Waals surface area contributed by atoms with Crippen LogP contribution in [0.15, 0.2) is 95.4 Å². The van der Waals surface area contributed by atoms with Crippen molar-refractivity contribution < 1.29 is 27.4 Å². The molecule has 0 radical (unpaired) electrons. The van der Waals surface area contributed by atoms with Crippen LogP contribution in [0.2, 0.25) is 0 Å². The van der Waals surface area contributed by atoms with Crippen molar-refractivity contribution in [2.75, 3.05) is 7.11 Å². The Morgan fingerprint density at radius 3 is 2.30 bits per heavy atom. The summed E-state index contributed by atoms with van der Waals surface area (Å²) in [4.78, 5) is 12.2. The molecule has 0 aliphatic carbocycles. The molecular weight excluding hydrogens is 445 g/mol. The van der Waals surface area contributed by atoms with Gasteiger partial charge in [0.25, 0.3) is 0 Å². The maximum absolute atomic E-state index is 14.2. The summed E-state index contributed by atoms with van der Waals surface area (Å²) in [5.41, 5.74) is 0.781. The Balaban J connectivity index is 1.96. The van der Waals surface area contributed by atoms with E-state index in [1.165, 1.54) is 53.9 Å². The van der Waals surface area contributed by atoms with Gasteiger partial charge in [0.2, 0.25) is 10.0 Å². The van der Waals surface area contributed by atoms with Gasteiger partial charge in [0, 0.05) is 0 Å². The molecule has 1 aliphatic heterocycles. The second-order valence-corrected chi connectivity index (χ2v) is 9.44. The van der Waals surface area contributed by atoms with Gasteiger partial charge in [-0.15, -0.1) is 0 Å². The van der Waals surface area contributed by atoms with Crippen LogP contribution in [-0.4, -0.2) is 30.9 Å². The van der Waals surface area contributed by atoms with Crippen LogP contribution in [0, 0.1) is 5.82 Å². The molecule has 170 valence electrons. The van der Waals surface area contributed by atoms with Crippen molar-refractivity contribution >= 4 is 16.0 Å². The first kappa shape index (κ1) is 22.7. The molecule has 4 rings (SSSR count). The molecule has 33 heavy (non-hydrogen) atoms. The number of sulfonamides is 1. The Morgan fingerprint density at radius 2 is 1.70 bits per heavy atom. The lowest BCUT2D eigenvalue weighted by molar-refractivity contribution is -0.133. The molecule has 0 saturated heterocycles. The third-order valence-corrected chi connectivity index (χ3v) is 7.54. The molecule has 0 amide bonds. The van der Waals surface area contributed by atoms with Crippen LogP contribution < -0.4 is 4.74 Å². The zero-order valence-corrected chi connectivity index (χ0v) is 18.6. The first-order valence-electron chi connectivity index (χ1n) is 10.2. The predicted octanol–water partition coefficient (Wildman–Crippen LogP) is 4.72. The standard InChI is InChI=1S/C25H22FNO5S/c1-32-20-12-10-17(11-13-20)23-15-14-22(25(28)29)24(18-6-5-7-19(26)16-18)27(23)33(30,31)21-8-3-2-4-9-21/h2-14,16,23-24H,15H2,1H3,(H,28,29)/t23-,24-/m0/s1. The third kappa shape index (κ3) is 4.40. The second-order valence-electron chi connectivity index (χ2n) is 7.59. The van der Waals surface area contributed by atoms with Crippen LogP contribution in [0.5, 0.6) is 5.75 Å². The largest absolute Gasteiger partial charge is 0.497 e. The highest BCUT2D eigenvalue weighted by molar-refractivity contribution is 7.89. The van der Waals surface area contributed by atoms with E-state index in [-0.39, 0.29) is 22.5 Å². The number of carboxylic acid groups (broad SMARTS) is 1. The molecule has 0 bridgehead atoms. The number of benzene rings is 3. The monoisotopic (exact) mass is 467 g/mol. The van der Waals surface area contributed by atoms with Gasteiger partial charge >= 0.3 is 5.97 Å². The average Bonchev–Trinajstić information content (AvgIpc) is 2.83. The molecule has 1 N–H and O–H groups in total. The predicted molar refractivity (Wildman–Crippen MR) is 121 cm³/mol. The number of ether oxygens (including phenoxy) is 1. The number of methoxy groups -OCH3 is 1. The molecule has 0 aromatic heterocycles. The molecule has 0 unspecified atom stereocenters. The van der Waals surface area contributed by atoms with Gasteiger partial charge in [0.15, 0.2) is 0 Å². The van der Waals surface area contributed by atoms with Crippen molar-refractivity contribution in [3.05, 3.63) is 107 Å². The summed E-state index contributed by atoms with van der Waals surface area (Å²) >= 11 is 0. The summed E-state index contributed by atoms with van der Waals surface area (Å²) in [5.74, 6) is -1.23. The highest BCUT2D eigenvalue weighted by Gasteiger charge is 2.44. The fourth-order valence-electron chi connectivity index (χ4n) is 4.11. The number of carboxylic acids is 1. The van der Waals surface area contributed by atoms with Gasteiger partial charge in [-0.25, -0.2) is 17.6 Å².